The zero-order valence-corrected chi connectivity index (χ0v) is 20.7. The van der Waals surface area contributed by atoms with E-state index in [2.05, 4.69) is 16.0 Å². The first-order chi connectivity index (χ1) is 16.0. The lowest BCUT2D eigenvalue weighted by atomic mass is 9.93. The highest BCUT2D eigenvalue weighted by molar-refractivity contribution is 6.30. The van der Waals surface area contributed by atoms with E-state index in [1.165, 1.54) is 4.90 Å². The molecule has 0 bridgehead atoms. The number of halogens is 2. The smallest absolute Gasteiger partial charge is 0.408 e. The van der Waals surface area contributed by atoms with E-state index in [9.17, 15) is 14.4 Å². The molecule has 3 rings (SSSR count). The molecule has 0 aromatic heterocycles. The number of hydrogen-bond donors (Lipinski definition) is 3. The molecular weight excluding hydrogens is 479 g/mol. The van der Waals surface area contributed by atoms with Crippen LogP contribution in [0, 0.1) is 0 Å². The topological polar surface area (TPSA) is 99.8 Å². The van der Waals surface area contributed by atoms with Crippen LogP contribution in [0.25, 0.3) is 0 Å². The number of alkyl carbamates (subject to hydrolysis) is 1. The number of hydrogen-bond acceptors (Lipinski definition) is 4. The zero-order valence-electron chi connectivity index (χ0n) is 19.2. The molecule has 3 N–H and O–H groups in total. The molecule has 0 saturated carbocycles. The van der Waals surface area contributed by atoms with Crippen molar-refractivity contribution in [2.24, 2.45) is 0 Å². The van der Waals surface area contributed by atoms with Gasteiger partial charge in [0, 0.05) is 23.1 Å². The summed E-state index contributed by atoms with van der Waals surface area (Å²) in [6.45, 7) is 5.99. The Balaban J connectivity index is 1.98. The summed E-state index contributed by atoms with van der Waals surface area (Å²) in [6, 6.07) is 12.1. The van der Waals surface area contributed by atoms with Gasteiger partial charge in [-0.3, -0.25) is 4.79 Å². The van der Waals surface area contributed by atoms with Crippen molar-refractivity contribution in [1.29, 1.82) is 0 Å². The van der Waals surface area contributed by atoms with Gasteiger partial charge in [0.05, 0.1) is 12.1 Å². The first kappa shape index (κ1) is 25.6. The van der Waals surface area contributed by atoms with Gasteiger partial charge in [-0.25, -0.2) is 9.59 Å². The van der Waals surface area contributed by atoms with E-state index in [1.54, 1.807) is 69.3 Å². The third-order valence-corrected chi connectivity index (χ3v) is 5.57. The molecule has 182 valence electrons. The number of carbonyl (C=O) groups is 3. The normalized spacial score (nSPS) is 15.7. The zero-order chi connectivity index (χ0) is 24.9. The van der Waals surface area contributed by atoms with Crippen molar-refractivity contribution in [1.82, 2.24) is 20.9 Å². The number of carbonyl (C=O) groups excluding carboxylic acids is 3. The van der Waals surface area contributed by atoms with Crippen LogP contribution in [-0.4, -0.2) is 48.2 Å². The van der Waals surface area contributed by atoms with Crippen molar-refractivity contribution in [2.45, 2.75) is 38.5 Å². The van der Waals surface area contributed by atoms with Crippen molar-refractivity contribution in [3.8, 4) is 0 Å². The Bertz CT molecular complexity index is 1020. The second-order valence-corrected chi connectivity index (χ2v) is 9.80. The van der Waals surface area contributed by atoms with E-state index in [-0.39, 0.29) is 12.5 Å². The summed E-state index contributed by atoms with van der Waals surface area (Å²) in [5.41, 5.74) is 0.691. The number of benzene rings is 2. The Morgan fingerprint density at radius 1 is 0.941 bits per heavy atom. The number of nitrogens with zero attached hydrogens (tertiary/aromatic N) is 1. The third-order valence-electron chi connectivity index (χ3n) is 5.07. The van der Waals surface area contributed by atoms with E-state index in [0.717, 1.165) is 0 Å². The highest BCUT2D eigenvalue weighted by Crippen LogP contribution is 2.31. The van der Waals surface area contributed by atoms with Crippen LogP contribution in [0.5, 0.6) is 0 Å². The first-order valence-corrected chi connectivity index (χ1v) is 11.6. The highest BCUT2D eigenvalue weighted by atomic mass is 35.5. The number of ether oxygens (including phenoxy) is 1. The van der Waals surface area contributed by atoms with Gasteiger partial charge in [0.1, 0.15) is 12.1 Å². The Morgan fingerprint density at radius 2 is 1.44 bits per heavy atom. The van der Waals surface area contributed by atoms with Crippen molar-refractivity contribution < 1.29 is 19.1 Å². The Labute approximate surface area is 208 Å². The maximum Gasteiger partial charge on any atom is 0.408 e. The maximum atomic E-state index is 13.1. The van der Waals surface area contributed by atoms with Crippen LogP contribution in [0.15, 0.2) is 48.5 Å². The van der Waals surface area contributed by atoms with E-state index in [1.807, 2.05) is 0 Å². The van der Waals surface area contributed by atoms with Crippen molar-refractivity contribution >= 4 is 41.2 Å². The van der Waals surface area contributed by atoms with Crippen LogP contribution < -0.4 is 16.0 Å². The molecule has 34 heavy (non-hydrogen) atoms. The van der Waals surface area contributed by atoms with Gasteiger partial charge in [0.15, 0.2) is 0 Å². The lowest BCUT2D eigenvalue weighted by molar-refractivity contribution is -0.123. The summed E-state index contributed by atoms with van der Waals surface area (Å²) >= 11 is 12.2. The van der Waals surface area contributed by atoms with E-state index >= 15 is 0 Å². The van der Waals surface area contributed by atoms with Crippen LogP contribution >= 0.6 is 23.2 Å². The molecule has 1 aliphatic rings. The SMILES string of the molecule is CC(C)(C)OC(=O)N[C@@H](c1ccc(Cl)cc1)[C@H](NC(=O)N1CCNC(=O)C1)c1ccc(Cl)cc1. The number of amides is 4. The van der Waals surface area contributed by atoms with Gasteiger partial charge >= 0.3 is 12.1 Å². The summed E-state index contributed by atoms with van der Waals surface area (Å²) in [5, 5.41) is 9.64. The standard InChI is InChI=1S/C24H28Cl2N4O4/c1-24(2,3)34-23(33)29-21(16-6-10-18(26)11-7-16)20(15-4-8-17(25)9-5-15)28-22(32)30-13-12-27-19(31)14-30/h4-11,20-21H,12-14H2,1-3H3,(H,27,31)(H,28,32)(H,29,33)/t20-,21+/m1/s1. The lowest BCUT2D eigenvalue weighted by Crippen LogP contribution is -2.54. The van der Waals surface area contributed by atoms with Crippen molar-refractivity contribution in [2.75, 3.05) is 19.6 Å². The Hall–Kier alpha value is -2.97. The lowest BCUT2D eigenvalue weighted by Gasteiger charge is -2.34. The minimum atomic E-state index is -0.713. The molecule has 0 radical (unpaired) electrons. The van der Waals surface area contributed by atoms with E-state index < -0.39 is 29.8 Å². The molecule has 4 amide bonds. The fourth-order valence-electron chi connectivity index (χ4n) is 3.53. The van der Waals surface area contributed by atoms with Crippen molar-refractivity contribution in [3.63, 3.8) is 0 Å². The second-order valence-electron chi connectivity index (χ2n) is 8.93. The molecule has 0 aliphatic carbocycles. The third kappa shape index (κ3) is 7.27. The van der Waals surface area contributed by atoms with Crippen molar-refractivity contribution in [3.05, 3.63) is 69.7 Å². The molecule has 1 aliphatic heterocycles. The van der Waals surface area contributed by atoms with Crippen LogP contribution in [0.3, 0.4) is 0 Å². The molecule has 10 heteroatoms. The van der Waals surface area contributed by atoms with Crippen LogP contribution in [0.4, 0.5) is 9.59 Å². The second kappa shape index (κ2) is 11.0. The molecular formula is C24H28Cl2N4O4. The predicted octanol–water partition coefficient (Wildman–Crippen LogP) is 4.44. The monoisotopic (exact) mass is 506 g/mol. The highest BCUT2D eigenvalue weighted by Gasteiger charge is 2.32. The molecule has 0 spiro atoms. The first-order valence-electron chi connectivity index (χ1n) is 10.8. The molecule has 2 aromatic rings. The molecule has 0 unspecified atom stereocenters. The Kier molecular flexibility index (Phi) is 8.28. The van der Waals surface area contributed by atoms with Gasteiger partial charge in [0.25, 0.3) is 0 Å². The van der Waals surface area contributed by atoms with Gasteiger partial charge in [0.2, 0.25) is 5.91 Å². The van der Waals surface area contributed by atoms with Gasteiger partial charge in [-0.05, 0) is 56.2 Å². The van der Waals surface area contributed by atoms with E-state index in [4.69, 9.17) is 27.9 Å². The largest absolute Gasteiger partial charge is 0.444 e. The molecule has 1 saturated heterocycles. The number of nitrogens with one attached hydrogen (secondary N) is 3. The Morgan fingerprint density at radius 3 is 1.91 bits per heavy atom. The molecule has 8 nitrogen and oxygen atoms in total. The minimum Gasteiger partial charge on any atom is -0.444 e. The predicted molar refractivity (Wildman–Crippen MR) is 131 cm³/mol. The van der Waals surface area contributed by atoms with Crippen LogP contribution in [0.2, 0.25) is 10.0 Å². The van der Waals surface area contributed by atoms with Crippen LogP contribution in [-0.2, 0) is 9.53 Å². The average molecular weight is 507 g/mol. The summed E-state index contributed by atoms with van der Waals surface area (Å²) in [4.78, 5) is 39.1. The summed E-state index contributed by atoms with van der Waals surface area (Å²) < 4.78 is 5.48. The molecule has 1 heterocycles. The summed E-state index contributed by atoms with van der Waals surface area (Å²) in [5.74, 6) is -0.231. The number of urea groups is 1. The summed E-state index contributed by atoms with van der Waals surface area (Å²) in [7, 11) is 0. The molecule has 2 atom stereocenters. The van der Waals surface area contributed by atoms with Crippen LogP contribution in [0.1, 0.15) is 44.0 Å². The molecule has 1 fully saturated rings. The van der Waals surface area contributed by atoms with Gasteiger partial charge in [-0.2, -0.15) is 0 Å². The number of piperazine rings is 1. The fraction of sp³-hybridized carbons (Fsp3) is 0.375. The minimum absolute atomic E-state index is 0.0513. The van der Waals surface area contributed by atoms with Gasteiger partial charge < -0.3 is 25.6 Å². The quantitative estimate of drug-likeness (QED) is 0.557. The van der Waals surface area contributed by atoms with Gasteiger partial charge in [-0.1, -0.05) is 47.5 Å². The van der Waals surface area contributed by atoms with Gasteiger partial charge in [-0.15, -0.1) is 0 Å². The summed E-state index contributed by atoms with van der Waals surface area (Å²) in [6.07, 6.45) is -0.641. The number of rotatable bonds is 5. The maximum absolute atomic E-state index is 13.1. The average Bonchev–Trinajstić information content (AvgIpc) is 2.76. The van der Waals surface area contributed by atoms with E-state index in [0.29, 0.717) is 34.3 Å². The fourth-order valence-corrected chi connectivity index (χ4v) is 3.78. The molecule has 2 aromatic carbocycles.